The highest BCUT2D eigenvalue weighted by atomic mass is 32.1. The number of ether oxygens (including phenoxy) is 2. The summed E-state index contributed by atoms with van der Waals surface area (Å²) < 4.78 is 10.4. The third-order valence-electron chi connectivity index (χ3n) is 2.76. The molecule has 1 fully saturated rings. The molecule has 0 spiro atoms. The van der Waals surface area contributed by atoms with Gasteiger partial charge in [-0.05, 0) is 24.3 Å². The van der Waals surface area contributed by atoms with Crippen molar-refractivity contribution in [2.75, 3.05) is 32.9 Å². The SMILES string of the molecule is O=C(O)COc1ccc(C(=S)N2CCOCC2)cc1. The van der Waals surface area contributed by atoms with Gasteiger partial charge in [0, 0.05) is 18.7 Å². The second-order valence-corrected chi connectivity index (χ2v) is 4.50. The summed E-state index contributed by atoms with van der Waals surface area (Å²) in [6.07, 6.45) is 0. The summed E-state index contributed by atoms with van der Waals surface area (Å²) >= 11 is 5.43. The van der Waals surface area contributed by atoms with Gasteiger partial charge in [-0.25, -0.2) is 4.79 Å². The minimum atomic E-state index is -0.993. The van der Waals surface area contributed by atoms with Crippen molar-refractivity contribution in [1.29, 1.82) is 0 Å². The van der Waals surface area contributed by atoms with Gasteiger partial charge in [-0.2, -0.15) is 0 Å². The number of hydrogen-bond donors (Lipinski definition) is 1. The van der Waals surface area contributed by atoms with Crippen LogP contribution < -0.4 is 4.74 Å². The van der Waals surface area contributed by atoms with Crippen molar-refractivity contribution in [2.45, 2.75) is 0 Å². The highest BCUT2D eigenvalue weighted by molar-refractivity contribution is 7.80. The fraction of sp³-hybridized carbons (Fsp3) is 0.385. The molecular weight excluding hydrogens is 266 g/mol. The summed E-state index contributed by atoms with van der Waals surface area (Å²) in [5.41, 5.74) is 0.930. The number of rotatable bonds is 4. The fourth-order valence-electron chi connectivity index (χ4n) is 1.79. The summed E-state index contributed by atoms with van der Waals surface area (Å²) in [4.78, 5) is 13.3. The summed E-state index contributed by atoms with van der Waals surface area (Å²) in [6.45, 7) is 2.65. The molecule has 19 heavy (non-hydrogen) atoms. The number of aliphatic carboxylic acids is 1. The number of carboxylic acid groups (broad SMARTS) is 1. The summed E-state index contributed by atoms with van der Waals surface area (Å²) in [5.74, 6) is -0.469. The van der Waals surface area contributed by atoms with Crippen molar-refractivity contribution in [1.82, 2.24) is 4.90 Å². The predicted molar refractivity (Wildman–Crippen MR) is 73.7 cm³/mol. The lowest BCUT2D eigenvalue weighted by atomic mass is 10.2. The Morgan fingerprint density at radius 2 is 1.95 bits per heavy atom. The zero-order valence-corrected chi connectivity index (χ0v) is 11.2. The molecule has 0 aromatic heterocycles. The van der Waals surface area contributed by atoms with Crippen LogP contribution in [0, 0.1) is 0 Å². The third-order valence-corrected chi connectivity index (χ3v) is 3.26. The lowest BCUT2D eigenvalue weighted by molar-refractivity contribution is -0.139. The van der Waals surface area contributed by atoms with Gasteiger partial charge < -0.3 is 19.5 Å². The maximum atomic E-state index is 10.4. The molecule has 1 N–H and O–H groups in total. The number of benzene rings is 1. The van der Waals surface area contributed by atoms with Crippen molar-refractivity contribution >= 4 is 23.2 Å². The number of thiocarbonyl (C=S) groups is 1. The van der Waals surface area contributed by atoms with E-state index in [0.29, 0.717) is 19.0 Å². The molecule has 0 saturated carbocycles. The Hall–Kier alpha value is -1.66. The maximum Gasteiger partial charge on any atom is 0.341 e. The van der Waals surface area contributed by atoms with Gasteiger partial charge >= 0.3 is 5.97 Å². The van der Waals surface area contributed by atoms with Gasteiger partial charge in [0.2, 0.25) is 0 Å². The normalized spacial score (nSPS) is 15.1. The van der Waals surface area contributed by atoms with Gasteiger partial charge in [0.05, 0.1) is 13.2 Å². The van der Waals surface area contributed by atoms with E-state index < -0.39 is 5.97 Å². The summed E-state index contributed by atoms with van der Waals surface area (Å²) in [6, 6.07) is 7.14. The molecule has 1 aromatic carbocycles. The van der Waals surface area contributed by atoms with Gasteiger partial charge in [-0.3, -0.25) is 0 Å². The molecule has 0 bridgehead atoms. The Kier molecular flexibility index (Phi) is 4.70. The molecule has 1 heterocycles. The summed E-state index contributed by atoms with van der Waals surface area (Å²) in [5, 5.41) is 8.52. The first-order valence-corrected chi connectivity index (χ1v) is 6.39. The van der Waals surface area contributed by atoms with Crippen LogP contribution in [-0.2, 0) is 9.53 Å². The fourth-order valence-corrected chi connectivity index (χ4v) is 2.11. The van der Waals surface area contributed by atoms with E-state index in [-0.39, 0.29) is 6.61 Å². The maximum absolute atomic E-state index is 10.4. The molecule has 102 valence electrons. The topological polar surface area (TPSA) is 59.0 Å². The van der Waals surface area contributed by atoms with Gasteiger partial charge in [0.1, 0.15) is 10.7 Å². The van der Waals surface area contributed by atoms with Crippen LogP contribution in [0.1, 0.15) is 5.56 Å². The lowest BCUT2D eigenvalue weighted by Crippen LogP contribution is -2.40. The van der Waals surface area contributed by atoms with Crippen LogP contribution in [0.5, 0.6) is 5.75 Å². The molecule has 1 saturated heterocycles. The Morgan fingerprint density at radius 3 is 2.53 bits per heavy atom. The molecule has 0 unspecified atom stereocenters. The molecule has 0 amide bonds. The van der Waals surface area contributed by atoms with E-state index in [0.717, 1.165) is 23.6 Å². The number of nitrogens with zero attached hydrogens (tertiary/aromatic N) is 1. The molecule has 1 aliphatic heterocycles. The van der Waals surface area contributed by atoms with Crippen LogP contribution in [0.4, 0.5) is 0 Å². The molecule has 6 heteroatoms. The Morgan fingerprint density at radius 1 is 1.32 bits per heavy atom. The van der Waals surface area contributed by atoms with Gasteiger partial charge in [-0.15, -0.1) is 0 Å². The van der Waals surface area contributed by atoms with Gasteiger partial charge in [-0.1, -0.05) is 12.2 Å². The van der Waals surface area contributed by atoms with Crippen molar-refractivity contribution in [3.05, 3.63) is 29.8 Å². The standard InChI is InChI=1S/C13H15NO4S/c15-12(16)9-18-11-3-1-10(2-4-11)13(19)14-5-7-17-8-6-14/h1-4H,5-9H2,(H,15,16). The van der Waals surface area contributed by atoms with Crippen molar-refractivity contribution in [3.8, 4) is 5.75 Å². The van der Waals surface area contributed by atoms with E-state index in [1.165, 1.54) is 0 Å². The molecule has 0 radical (unpaired) electrons. The number of morpholine rings is 1. The Bertz CT molecular complexity index is 454. The molecule has 0 atom stereocenters. The molecule has 2 rings (SSSR count). The van der Waals surface area contributed by atoms with Crippen LogP contribution in [-0.4, -0.2) is 53.9 Å². The van der Waals surface area contributed by atoms with Crippen LogP contribution in [0.25, 0.3) is 0 Å². The van der Waals surface area contributed by atoms with Crippen LogP contribution in [0.3, 0.4) is 0 Å². The number of carboxylic acids is 1. The predicted octanol–water partition coefficient (Wildman–Crippen LogP) is 1.16. The van der Waals surface area contributed by atoms with E-state index >= 15 is 0 Å². The van der Waals surface area contributed by atoms with E-state index in [1.807, 2.05) is 12.1 Å². The van der Waals surface area contributed by atoms with E-state index in [1.54, 1.807) is 12.1 Å². The monoisotopic (exact) mass is 281 g/mol. The first-order chi connectivity index (χ1) is 9.16. The van der Waals surface area contributed by atoms with Crippen molar-refractivity contribution < 1.29 is 19.4 Å². The van der Waals surface area contributed by atoms with Gasteiger partial charge in [0.25, 0.3) is 0 Å². The Labute approximate surface area is 116 Å². The molecule has 0 aliphatic carbocycles. The van der Waals surface area contributed by atoms with E-state index in [4.69, 9.17) is 26.8 Å². The summed E-state index contributed by atoms with van der Waals surface area (Å²) in [7, 11) is 0. The lowest BCUT2D eigenvalue weighted by Gasteiger charge is -2.29. The molecular formula is C13H15NO4S. The zero-order valence-electron chi connectivity index (χ0n) is 10.4. The minimum absolute atomic E-state index is 0.340. The smallest absolute Gasteiger partial charge is 0.341 e. The van der Waals surface area contributed by atoms with Crippen LogP contribution >= 0.6 is 12.2 Å². The average molecular weight is 281 g/mol. The second kappa shape index (κ2) is 6.49. The van der Waals surface area contributed by atoms with E-state index in [2.05, 4.69) is 4.90 Å². The molecule has 5 nitrogen and oxygen atoms in total. The van der Waals surface area contributed by atoms with Crippen molar-refractivity contribution in [3.63, 3.8) is 0 Å². The highest BCUT2D eigenvalue weighted by Gasteiger charge is 2.15. The molecule has 1 aliphatic rings. The quantitative estimate of drug-likeness (QED) is 0.836. The largest absolute Gasteiger partial charge is 0.482 e. The zero-order chi connectivity index (χ0) is 13.7. The van der Waals surface area contributed by atoms with Crippen molar-refractivity contribution in [2.24, 2.45) is 0 Å². The van der Waals surface area contributed by atoms with E-state index in [9.17, 15) is 4.79 Å². The minimum Gasteiger partial charge on any atom is -0.482 e. The number of carbonyl (C=O) groups is 1. The first kappa shape index (κ1) is 13.8. The van der Waals surface area contributed by atoms with Crippen LogP contribution in [0.15, 0.2) is 24.3 Å². The highest BCUT2D eigenvalue weighted by Crippen LogP contribution is 2.15. The van der Waals surface area contributed by atoms with Gasteiger partial charge in [0.15, 0.2) is 6.61 Å². The second-order valence-electron chi connectivity index (χ2n) is 4.11. The first-order valence-electron chi connectivity index (χ1n) is 5.98. The Balaban J connectivity index is 1.97. The number of hydrogen-bond acceptors (Lipinski definition) is 4. The van der Waals surface area contributed by atoms with Crippen LogP contribution in [0.2, 0.25) is 0 Å². The third kappa shape index (κ3) is 3.90. The average Bonchev–Trinajstić information content (AvgIpc) is 2.46. The molecule has 1 aromatic rings.